The minimum absolute atomic E-state index is 0.00128. The van der Waals surface area contributed by atoms with Crippen molar-refractivity contribution in [1.29, 1.82) is 0 Å². The van der Waals surface area contributed by atoms with Gasteiger partial charge in [0.1, 0.15) is 22.8 Å². The number of phenolic OH excluding ortho intramolecular Hbond substituents is 1. The zero-order valence-electron chi connectivity index (χ0n) is 12.8. The van der Waals surface area contributed by atoms with Crippen LogP contribution in [-0.2, 0) is 4.79 Å². The topological polar surface area (TPSA) is 97.0 Å². The first-order valence-electron chi connectivity index (χ1n) is 7.18. The van der Waals surface area contributed by atoms with Crippen LogP contribution in [0.5, 0.6) is 11.5 Å². The lowest BCUT2D eigenvalue weighted by Crippen LogP contribution is -2.10. The predicted molar refractivity (Wildman–Crippen MR) is 87.5 cm³/mol. The number of hydrogen-bond acceptors (Lipinski definition) is 5. The van der Waals surface area contributed by atoms with Crippen LogP contribution in [0.15, 0.2) is 51.7 Å². The Morgan fingerprint density at radius 3 is 2.67 bits per heavy atom. The van der Waals surface area contributed by atoms with E-state index in [-0.39, 0.29) is 28.3 Å². The van der Waals surface area contributed by atoms with Gasteiger partial charge in [0.05, 0.1) is 10.9 Å². The van der Waals surface area contributed by atoms with Gasteiger partial charge in [0, 0.05) is 11.6 Å². The number of aliphatic carboxylic acids is 1. The van der Waals surface area contributed by atoms with Crippen LogP contribution < -0.4 is 10.2 Å². The molecule has 0 unspecified atom stereocenters. The smallest absolute Gasteiger partial charge is 0.341 e. The molecule has 0 aliphatic carbocycles. The molecule has 3 rings (SSSR count). The van der Waals surface area contributed by atoms with Gasteiger partial charge in [-0.25, -0.2) is 4.79 Å². The Balaban J connectivity index is 2.17. The number of carboxylic acid groups (broad SMARTS) is 1. The third-order valence-corrected chi connectivity index (χ3v) is 3.60. The van der Waals surface area contributed by atoms with Crippen LogP contribution in [-0.4, -0.2) is 22.8 Å². The number of rotatable bonds is 4. The summed E-state index contributed by atoms with van der Waals surface area (Å²) in [7, 11) is 0. The number of benzene rings is 2. The highest BCUT2D eigenvalue weighted by molar-refractivity contribution is 5.82. The fraction of sp³-hybridized carbons (Fsp3) is 0.111. The van der Waals surface area contributed by atoms with E-state index in [4.69, 9.17) is 14.3 Å². The maximum atomic E-state index is 12.5. The van der Waals surface area contributed by atoms with E-state index in [1.807, 2.05) is 0 Å². The van der Waals surface area contributed by atoms with Gasteiger partial charge in [0.2, 0.25) is 0 Å². The maximum absolute atomic E-state index is 12.5. The summed E-state index contributed by atoms with van der Waals surface area (Å²) < 4.78 is 10.9. The van der Waals surface area contributed by atoms with Crippen LogP contribution >= 0.6 is 0 Å². The van der Waals surface area contributed by atoms with Crippen molar-refractivity contribution in [3.05, 3.63) is 58.3 Å². The number of aromatic hydroxyl groups is 1. The summed E-state index contributed by atoms with van der Waals surface area (Å²) in [5.41, 5.74) is 0.820. The first-order valence-corrected chi connectivity index (χ1v) is 7.18. The molecule has 6 nitrogen and oxygen atoms in total. The summed E-state index contributed by atoms with van der Waals surface area (Å²) in [4.78, 5) is 23.1. The number of hydrogen-bond donors (Lipinski definition) is 2. The van der Waals surface area contributed by atoms with Crippen molar-refractivity contribution < 1.29 is 24.2 Å². The molecule has 1 aromatic heterocycles. The number of para-hydroxylation sites is 1. The number of fused-ring (bicyclic) bond motifs is 1. The van der Waals surface area contributed by atoms with Gasteiger partial charge in [-0.05, 0) is 31.2 Å². The molecule has 0 bridgehead atoms. The Hall–Kier alpha value is -3.28. The number of phenols is 1. The molecule has 0 saturated carbocycles. The molecular weight excluding hydrogens is 312 g/mol. The first kappa shape index (κ1) is 15.6. The highest BCUT2D eigenvalue weighted by Crippen LogP contribution is 2.32. The van der Waals surface area contributed by atoms with Gasteiger partial charge >= 0.3 is 5.97 Å². The summed E-state index contributed by atoms with van der Waals surface area (Å²) in [5.74, 6) is -0.558. The highest BCUT2D eigenvalue weighted by atomic mass is 16.5. The van der Waals surface area contributed by atoms with Crippen LogP contribution in [0.4, 0.5) is 0 Å². The minimum atomic E-state index is -1.10. The van der Waals surface area contributed by atoms with Gasteiger partial charge in [0.25, 0.3) is 0 Å². The third kappa shape index (κ3) is 2.81. The molecule has 0 fully saturated rings. The van der Waals surface area contributed by atoms with Crippen molar-refractivity contribution in [2.75, 3.05) is 6.61 Å². The van der Waals surface area contributed by atoms with Crippen molar-refractivity contribution in [2.24, 2.45) is 0 Å². The van der Waals surface area contributed by atoms with E-state index in [1.54, 1.807) is 25.1 Å². The lowest BCUT2D eigenvalue weighted by molar-refractivity contribution is -0.139. The summed E-state index contributed by atoms with van der Waals surface area (Å²) in [5, 5.41) is 19.0. The molecule has 24 heavy (non-hydrogen) atoms. The second kappa shape index (κ2) is 6.08. The van der Waals surface area contributed by atoms with E-state index < -0.39 is 12.6 Å². The SMILES string of the molecule is Cc1c(-c2ccccc2O)oc2cc(OCC(=O)O)ccc2c1=O. The van der Waals surface area contributed by atoms with Crippen LogP contribution in [0.2, 0.25) is 0 Å². The van der Waals surface area contributed by atoms with Crippen LogP contribution in [0.25, 0.3) is 22.3 Å². The fourth-order valence-corrected chi connectivity index (χ4v) is 2.42. The lowest BCUT2D eigenvalue weighted by Gasteiger charge is -2.10. The van der Waals surface area contributed by atoms with E-state index >= 15 is 0 Å². The summed E-state index contributed by atoms with van der Waals surface area (Å²) >= 11 is 0. The standard InChI is InChI=1S/C18H14O6/c1-10-17(22)13-7-6-11(23-9-16(20)21)8-15(13)24-18(10)12-4-2-3-5-14(12)19/h2-8,19H,9H2,1H3,(H,20,21). The summed E-state index contributed by atoms with van der Waals surface area (Å²) in [6.07, 6.45) is 0. The second-order valence-corrected chi connectivity index (χ2v) is 5.24. The molecular formula is C18H14O6. The lowest BCUT2D eigenvalue weighted by atomic mass is 10.0. The van der Waals surface area contributed by atoms with Crippen LogP contribution in [0.1, 0.15) is 5.56 Å². The van der Waals surface area contributed by atoms with Crippen molar-refractivity contribution in [2.45, 2.75) is 6.92 Å². The average Bonchev–Trinajstić information content (AvgIpc) is 2.57. The molecule has 0 saturated heterocycles. The minimum Gasteiger partial charge on any atom is -0.507 e. The molecule has 0 spiro atoms. The number of carbonyl (C=O) groups is 1. The van der Waals surface area contributed by atoms with Gasteiger partial charge in [-0.15, -0.1) is 0 Å². The van der Waals surface area contributed by atoms with Crippen LogP contribution in [0.3, 0.4) is 0 Å². The first-order chi connectivity index (χ1) is 11.5. The molecule has 3 aromatic rings. The van der Waals surface area contributed by atoms with E-state index in [0.29, 0.717) is 16.5 Å². The Bertz CT molecular complexity index is 986. The van der Waals surface area contributed by atoms with Crippen molar-refractivity contribution in [3.8, 4) is 22.8 Å². The molecule has 6 heteroatoms. The Morgan fingerprint density at radius 2 is 1.96 bits per heavy atom. The maximum Gasteiger partial charge on any atom is 0.341 e. The zero-order chi connectivity index (χ0) is 17.3. The number of carboxylic acids is 1. The third-order valence-electron chi connectivity index (χ3n) is 3.60. The predicted octanol–water partition coefficient (Wildman–Crippen LogP) is 2.94. The largest absolute Gasteiger partial charge is 0.507 e. The Kier molecular flexibility index (Phi) is 3.95. The van der Waals surface area contributed by atoms with Gasteiger partial charge < -0.3 is 19.4 Å². The molecule has 0 radical (unpaired) electrons. The molecule has 1 heterocycles. The van der Waals surface area contributed by atoms with Crippen molar-refractivity contribution in [3.63, 3.8) is 0 Å². The van der Waals surface area contributed by atoms with Gasteiger partial charge in [0.15, 0.2) is 12.0 Å². The van der Waals surface area contributed by atoms with Crippen molar-refractivity contribution >= 4 is 16.9 Å². The van der Waals surface area contributed by atoms with E-state index in [1.165, 1.54) is 24.3 Å². The second-order valence-electron chi connectivity index (χ2n) is 5.24. The fourth-order valence-electron chi connectivity index (χ4n) is 2.42. The Labute approximate surface area is 136 Å². The van der Waals surface area contributed by atoms with E-state index in [9.17, 15) is 14.7 Å². The van der Waals surface area contributed by atoms with E-state index in [2.05, 4.69) is 0 Å². The number of ether oxygens (including phenoxy) is 1. The average molecular weight is 326 g/mol. The molecule has 122 valence electrons. The normalized spacial score (nSPS) is 10.7. The molecule has 2 aromatic carbocycles. The molecule has 0 amide bonds. The van der Waals surface area contributed by atoms with Gasteiger partial charge in [-0.1, -0.05) is 12.1 Å². The zero-order valence-corrected chi connectivity index (χ0v) is 12.8. The molecule has 2 N–H and O–H groups in total. The molecule has 0 aliphatic rings. The highest BCUT2D eigenvalue weighted by Gasteiger charge is 2.15. The van der Waals surface area contributed by atoms with Gasteiger partial charge in [-0.2, -0.15) is 0 Å². The van der Waals surface area contributed by atoms with Crippen molar-refractivity contribution in [1.82, 2.24) is 0 Å². The monoisotopic (exact) mass is 326 g/mol. The molecule has 0 aliphatic heterocycles. The van der Waals surface area contributed by atoms with Gasteiger partial charge in [-0.3, -0.25) is 4.79 Å². The Morgan fingerprint density at radius 1 is 1.21 bits per heavy atom. The summed E-state index contributed by atoms with van der Waals surface area (Å²) in [6.45, 7) is 1.13. The summed E-state index contributed by atoms with van der Waals surface area (Å²) in [6, 6.07) is 11.1. The van der Waals surface area contributed by atoms with Crippen LogP contribution in [0, 0.1) is 6.92 Å². The molecule has 0 atom stereocenters. The quantitative estimate of drug-likeness (QED) is 0.765. The van der Waals surface area contributed by atoms with E-state index in [0.717, 1.165) is 0 Å².